The first-order chi connectivity index (χ1) is 10.2. The van der Waals surface area contributed by atoms with Crippen LogP contribution < -0.4 is 0 Å². The third-order valence-corrected chi connectivity index (χ3v) is 4.55. The molecule has 0 bridgehead atoms. The van der Waals surface area contributed by atoms with Crippen LogP contribution in [0.4, 0.5) is 0 Å². The highest BCUT2D eigenvalue weighted by Gasteiger charge is 2.33. The summed E-state index contributed by atoms with van der Waals surface area (Å²) in [7, 11) is 2.16. The van der Waals surface area contributed by atoms with E-state index in [9.17, 15) is 4.79 Å². The number of hydrogen-bond acceptors (Lipinski definition) is 4. The first-order valence-electron chi connectivity index (χ1n) is 7.92. The van der Waals surface area contributed by atoms with Crippen molar-refractivity contribution in [3.63, 3.8) is 0 Å². The van der Waals surface area contributed by atoms with Gasteiger partial charge in [0.2, 0.25) is 0 Å². The largest absolute Gasteiger partial charge is 0.334 e. The summed E-state index contributed by atoms with van der Waals surface area (Å²) in [5, 5.41) is 4.27. The van der Waals surface area contributed by atoms with Gasteiger partial charge in [0.05, 0.1) is 0 Å². The highest BCUT2D eigenvalue weighted by Crippen LogP contribution is 2.17. The molecule has 0 N–H and O–H groups in total. The molecule has 1 aromatic heterocycles. The zero-order chi connectivity index (χ0) is 14.8. The molecule has 2 saturated heterocycles. The summed E-state index contributed by atoms with van der Waals surface area (Å²) < 4.78 is 1.84. The van der Waals surface area contributed by atoms with Gasteiger partial charge in [-0.3, -0.25) is 14.4 Å². The van der Waals surface area contributed by atoms with Crippen LogP contribution in [0.25, 0.3) is 0 Å². The fraction of sp³-hybridized carbons (Fsp3) is 0.733. The van der Waals surface area contributed by atoms with Gasteiger partial charge in [-0.2, -0.15) is 5.10 Å². The Labute approximate surface area is 126 Å². The minimum atomic E-state index is 0.133. The molecule has 21 heavy (non-hydrogen) atoms. The van der Waals surface area contributed by atoms with E-state index < -0.39 is 0 Å². The number of fused-ring (bicyclic) bond motifs is 1. The topological polar surface area (TPSA) is 44.6 Å². The standard InChI is InChI=1S/C15H25N5O/c1-3-6-20-14(4-5-16-20)15(21)19-10-9-18-8-7-17(2)11-13(18)12-19/h4-5,13H,3,6-12H2,1-2H3. The van der Waals surface area contributed by atoms with Crippen molar-refractivity contribution in [3.8, 4) is 0 Å². The zero-order valence-electron chi connectivity index (χ0n) is 13.0. The number of nitrogens with zero attached hydrogens (tertiary/aromatic N) is 5. The third kappa shape index (κ3) is 2.96. The molecule has 0 aliphatic carbocycles. The van der Waals surface area contributed by atoms with E-state index >= 15 is 0 Å². The fourth-order valence-corrected chi connectivity index (χ4v) is 3.36. The molecule has 6 heteroatoms. The molecule has 1 atom stereocenters. The molecule has 116 valence electrons. The van der Waals surface area contributed by atoms with Crippen LogP contribution >= 0.6 is 0 Å². The number of amides is 1. The molecule has 0 radical (unpaired) electrons. The quantitative estimate of drug-likeness (QED) is 0.807. The highest BCUT2D eigenvalue weighted by molar-refractivity contribution is 5.92. The lowest BCUT2D eigenvalue weighted by atomic mass is 10.1. The van der Waals surface area contributed by atoms with Crippen LogP contribution in [-0.2, 0) is 6.54 Å². The molecular formula is C15H25N5O. The van der Waals surface area contributed by atoms with Gasteiger partial charge in [-0.1, -0.05) is 6.92 Å². The van der Waals surface area contributed by atoms with Crippen LogP contribution in [-0.4, -0.2) is 82.7 Å². The van der Waals surface area contributed by atoms with Gasteiger partial charge in [-0.15, -0.1) is 0 Å². The van der Waals surface area contributed by atoms with E-state index in [-0.39, 0.29) is 5.91 Å². The number of likely N-dealkylation sites (N-methyl/N-ethyl adjacent to an activating group) is 1. The lowest BCUT2D eigenvalue weighted by molar-refractivity contribution is 0.0184. The van der Waals surface area contributed by atoms with E-state index in [1.807, 2.05) is 15.6 Å². The molecule has 2 aliphatic heterocycles. The van der Waals surface area contributed by atoms with Gasteiger partial charge in [-0.25, -0.2) is 0 Å². The second kappa shape index (κ2) is 6.15. The minimum Gasteiger partial charge on any atom is -0.334 e. The Bertz CT molecular complexity index is 500. The Morgan fingerprint density at radius 2 is 2.10 bits per heavy atom. The van der Waals surface area contributed by atoms with Crippen molar-refractivity contribution in [2.45, 2.75) is 25.9 Å². The van der Waals surface area contributed by atoms with E-state index in [1.54, 1.807) is 6.20 Å². The Kier molecular flexibility index (Phi) is 4.26. The lowest BCUT2D eigenvalue weighted by Gasteiger charge is -2.46. The van der Waals surface area contributed by atoms with Gasteiger partial charge in [0, 0.05) is 58.1 Å². The summed E-state index contributed by atoms with van der Waals surface area (Å²) in [5.41, 5.74) is 0.731. The van der Waals surface area contributed by atoms with Crippen LogP contribution in [0.15, 0.2) is 12.3 Å². The average molecular weight is 291 g/mol. The van der Waals surface area contributed by atoms with Crippen LogP contribution in [0, 0.1) is 0 Å². The van der Waals surface area contributed by atoms with Gasteiger partial charge in [0.1, 0.15) is 5.69 Å². The number of carbonyl (C=O) groups is 1. The van der Waals surface area contributed by atoms with Crippen LogP contribution in [0.2, 0.25) is 0 Å². The number of carbonyl (C=O) groups excluding carboxylic acids is 1. The molecule has 2 fully saturated rings. The summed E-state index contributed by atoms with van der Waals surface area (Å²) in [6.45, 7) is 8.87. The molecule has 6 nitrogen and oxygen atoms in total. The first-order valence-corrected chi connectivity index (χ1v) is 7.92. The Balaban J connectivity index is 1.69. The number of aryl methyl sites for hydroxylation is 1. The fourth-order valence-electron chi connectivity index (χ4n) is 3.36. The summed E-state index contributed by atoms with van der Waals surface area (Å²) in [6.07, 6.45) is 2.72. The van der Waals surface area contributed by atoms with E-state index in [1.165, 1.54) is 0 Å². The molecule has 0 spiro atoms. The smallest absolute Gasteiger partial charge is 0.272 e. The SMILES string of the molecule is CCCn1nccc1C(=O)N1CCN2CCN(C)CC2C1. The molecule has 0 saturated carbocycles. The number of piperazine rings is 2. The van der Waals surface area contributed by atoms with Crippen molar-refractivity contribution in [2.24, 2.45) is 0 Å². The maximum absolute atomic E-state index is 12.7. The summed E-state index contributed by atoms with van der Waals surface area (Å²) in [4.78, 5) is 19.6. The summed E-state index contributed by atoms with van der Waals surface area (Å²) in [6, 6.07) is 2.32. The van der Waals surface area contributed by atoms with Gasteiger partial charge >= 0.3 is 0 Å². The van der Waals surface area contributed by atoms with E-state index in [0.717, 1.165) is 57.9 Å². The van der Waals surface area contributed by atoms with Gasteiger partial charge in [0.15, 0.2) is 0 Å². The van der Waals surface area contributed by atoms with Crippen molar-refractivity contribution >= 4 is 5.91 Å². The minimum absolute atomic E-state index is 0.133. The summed E-state index contributed by atoms with van der Waals surface area (Å²) >= 11 is 0. The molecule has 0 aromatic carbocycles. The molecule has 3 rings (SSSR count). The monoisotopic (exact) mass is 291 g/mol. The van der Waals surface area contributed by atoms with E-state index in [0.29, 0.717) is 6.04 Å². The predicted octanol–water partition coefficient (Wildman–Crippen LogP) is 0.365. The average Bonchev–Trinajstić information content (AvgIpc) is 2.94. The van der Waals surface area contributed by atoms with E-state index in [2.05, 4.69) is 28.9 Å². The maximum Gasteiger partial charge on any atom is 0.272 e. The Hall–Kier alpha value is -1.40. The molecule has 1 unspecified atom stereocenters. The molecule has 3 heterocycles. The van der Waals surface area contributed by atoms with Crippen molar-refractivity contribution in [1.29, 1.82) is 0 Å². The second-order valence-corrected chi connectivity index (χ2v) is 6.14. The summed E-state index contributed by atoms with van der Waals surface area (Å²) in [5.74, 6) is 0.133. The second-order valence-electron chi connectivity index (χ2n) is 6.14. The van der Waals surface area contributed by atoms with Crippen LogP contribution in [0.5, 0.6) is 0 Å². The first kappa shape index (κ1) is 14.5. The van der Waals surface area contributed by atoms with Crippen LogP contribution in [0.3, 0.4) is 0 Å². The van der Waals surface area contributed by atoms with Crippen LogP contribution in [0.1, 0.15) is 23.8 Å². The third-order valence-electron chi connectivity index (χ3n) is 4.55. The maximum atomic E-state index is 12.7. The predicted molar refractivity (Wildman–Crippen MR) is 81.3 cm³/mol. The molecule has 2 aliphatic rings. The number of aromatic nitrogens is 2. The van der Waals surface area contributed by atoms with Crippen molar-refractivity contribution < 1.29 is 4.79 Å². The zero-order valence-corrected chi connectivity index (χ0v) is 13.0. The van der Waals surface area contributed by atoms with Crippen molar-refractivity contribution in [3.05, 3.63) is 18.0 Å². The number of rotatable bonds is 3. The van der Waals surface area contributed by atoms with Crippen molar-refractivity contribution in [2.75, 3.05) is 46.3 Å². The van der Waals surface area contributed by atoms with Gasteiger partial charge < -0.3 is 9.80 Å². The number of hydrogen-bond donors (Lipinski definition) is 0. The molecule has 1 aromatic rings. The lowest BCUT2D eigenvalue weighted by Crippen LogP contribution is -2.62. The van der Waals surface area contributed by atoms with Crippen molar-refractivity contribution in [1.82, 2.24) is 24.5 Å². The normalized spacial score (nSPS) is 24.1. The van der Waals surface area contributed by atoms with Gasteiger partial charge in [0.25, 0.3) is 5.91 Å². The molecular weight excluding hydrogens is 266 g/mol. The Morgan fingerprint density at radius 1 is 1.29 bits per heavy atom. The Morgan fingerprint density at radius 3 is 2.90 bits per heavy atom. The van der Waals surface area contributed by atoms with Gasteiger partial charge in [-0.05, 0) is 19.5 Å². The van der Waals surface area contributed by atoms with E-state index in [4.69, 9.17) is 0 Å². The molecule has 1 amide bonds. The highest BCUT2D eigenvalue weighted by atomic mass is 16.2.